The number of carbonyl (C=O) groups is 2. The van der Waals surface area contributed by atoms with E-state index in [0.717, 1.165) is 25.7 Å². The molecule has 0 spiro atoms. The van der Waals surface area contributed by atoms with Crippen molar-refractivity contribution < 1.29 is 14.0 Å². The molecule has 0 radical (unpaired) electrons. The zero-order valence-corrected chi connectivity index (χ0v) is 14.6. The second kappa shape index (κ2) is 6.42. The van der Waals surface area contributed by atoms with E-state index in [1.54, 1.807) is 17.0 Å². The number of aromatic nitrogens is 1. The number of rotatable bonds is 3. The highest BCUT2D eigenvalue weighted by atomic mass is 19.1. The van der Waals surface area contributed by atoms with E-state index in [1.165, 1.54) is 0 Å². The van der Waals surface area contributed by atoms with Gasteiger partial charge in [0.1, 0.15) is 17.5 Å². The van der Waals surface area contributed by atoms with Crippen molar-refractivity contribution in [3.63, 3.8) is 0 Å². The summed E-state index contributed by atoms with van der Waals surface area (Å²) >= 11 is 0. The van der Waals surface area contributed by atoms with Crippen molar-refractivity contribution in [3.8, 4) is 6.07 Å². The lowest BCUT2D eigenvalue weighted by atomic mass is 9.97. The summed E-state index contributed by atoms with van der Waals surface area (Å²) < 4.78 is 14.8. The number of nitriles is 1. The largest absolute Gasteiger partial charge is 0.348 e. The normalized spacial score (nSPS) is 29.4. The molecule has 0 aromatic carbocycles. The van der Waals surface area contributed by atoms with Crippen LogP contribution in [-0.4, -0.2) is 46.5 Å². The van der Waals surface area contributed by atoms with Gasteiger partial charge < -0.3 is 15.2 Å². The van der Waals surface area contributed by atoms with E-state index in [4.69, 9.17) is 5.26 Å². The molecule has 2 aliphatic carbocycles. The van der Waals surface area contributed by atoms with Gasteiger partial charge in [-0.25, -0.2) is 4.39 Å². The summed E-state index contributed by atoms with van der Waals surface area (Å²) in [5, 5.41) is 11.9. The fraction of sp³-hybridized carbons (Fsp3) is 0.632. The summed E-state index contributed by atoms with van der Waals surface area (Å²) in [7, 11) is 0. The van der Waals surface area contributed by atoms with E-state index < -0.39 is 5.67 Å². The first-order valence-corrected chi connectivity index (χ1v) is 9.38. The standard InChI is InChI=1S/C19H23FN4O2/c20-19(7-1-2-8-19)18(26)24-10-12-3-5-15(14(12)11-24)23-17(25)16-6-4-13(9-21)22-16/h4,6,12,14-15,22H,1-3,5,7-8,10-11H2,(H,23,25). The van der Waals surface area contributed by atoms with Gasteiger partial charge in [0.25, 0.3) is 11.8 Å². The van der Waals surface area contributed by atoms with E-state index in [2.05, 4.69) is 10.3 Å². The number of nitrogens with zero attached hydrogens (tertiary/aromatic N) is 2. The van der Waals surface area contributed by atoms with E-state index >= 15 is 0 Å². The van der Waals surface area contributed by atoms with Gasteiger partial charge in [-0.3, -0.25) is 9.59 Å². The Morgan fingerprint density at radius 2 is 2.04 bits per heavy atom. The van der Waals surface area contributed by atoms with Gasteiger partial charge in [0.15, 0.2) is 5.67 Å². The Balaban J connectivity index is 1.39. The summed E-state index contributed by atoms with van der Waals surface area (Å²) in [6, 6.07) is 5.12. The Hall–Kier alpha value is -2.36. The van der Waals surface area contributed by atoms with Crippen LogP contribution >= 0.6 is 0 Å². The molecule has 2 saturated carbocycles. The number of nitrogens with one attached hydrogen (secondary N) is 2. The summed E-state index contributed by atoms with van der Waals surface area (Å²) in [5.74, 6) is -0.0805. The van der Waals surface area contributed by atoms with Crippen molar-refractivity contribution in [2.75, 3.05) is 13.1 Å². The molecule has 2 heterocycles. The third-order valence-electron chi connectivity index (χ3n) is 6.29. The average Bonchev–Trinajstić information content (AvgIpc) is 3.39. The highest BCUT2D eigenvalue weighted by Gasteiger charge is 2.50. The maximum Gasteiger partial charge on any atom is 0.267 e. The summed E-state index contributed by atoms with van der Waals surface area (Å²) in [5.41, 5.74) is -0.957. The van der Waals surface area contributed by atoms with Gasteiger partial charge in [-0.05, 0) is 56.6 Å². The fourth-order valence-corrected chi connectivity index (χ4v) is 4.88. The van der Waals surface area contributed by atoms with E-state index in [0.29, 0.717) is 43.2 Å². The number of carbonyl (C=O) groups excluding carboxylic acids is 2. The molecular formula is C19H23FN4O2. The summed E-state index contributed by atoms with van der Waals surface area (Å²) in [4.78, 5) is 29.5. The first-order valence-electron chi connectivity index (χ1n) is 9.38. The van der Waals surface area contributed by atoms with Crippen LogP contribution in [0.3, 0.4) is 0 Å². The Bertz CT molecular complexity index is 762. The Morgan fingerprint density at radius 1 is 1.27 bits per heavy atom. The SMILES string of the molecule is N#Cc1ccc(C(=O)NC2CCC3CN(C(=O)C4(F)CCCC4)CC32)[nH]1. The molecule has 6 nitrogen and oxygen atoms in total. The van der Waals surface area contributed by atoms with Gasteiger partial charge >= 0.3 is 0 Å². The van der Waals surface area contributed by atoms with E-state index in [-0.39, 0.29) is 23.8 Å². The second-order valence-corrected chi connectivity index (χ2v) is 7.86. The molecule has 1 aromatic rings. The molecule has 138 valence electrons. The molecule has 3 fully saturated rings. The fourth-order valence-electron chi connectivity index (χ4n) is 4.88. The molecule has 26 heavy (non-hydrogen) atoms. The average molecular weight is 358 g/mol. The third kappa shape index (κ3) is 2.87. The minimum Gasteiger partial charge on any atom is -0.348 e. The minimum absolute atomic E-state index is 0.0155. The molecule has 1 aromatic heterocycles. The predicted octanol–water partition coefficient (Wildman–Crippen LogP) is 2.14. The lowest BCUT2D eigenvalue weighted by molar-refractivity contribution is -0.143. The molecule has 4 rings (SSSR count). The van der Waals surface area contributed by atoms with Gasteiger partial charge in [0.2, 0.25) is 0 Å². The van der Waals surface area contributed by atoms with Crippen LogP contribution in [0, 0.1) is 23.2 Å². The molecule has 3 atom stereocenters. The lowest BCUT2D eigenvalue weighted by Gasteiger charge is -2.27. The molecule has 7 heteroatoms. The predicted molar refractivity (Wildman–Crippen MR) is 91.9 cm³/mol. The molecule has 2 N–H and O–H groups in total. The molecule has 3 aliphatic rings. The highest BCUT2D eigenvalue weighted by Crippen LogP contribution is 2.42. The number of hydrogen-bond donors (Lipinski definition) is 2. The van der Waals surface area contributed by atoms with Crippen LogP contribution in [0.25, 0.3) is 0 Å². The number of amides is 2. The van der Waals surface area contributed by atoms with Crippen molar-refractivity contribution in [2.24, 2.45) is 11.8 Å². The monoisotopic (exact) mass is 358 g/mol. The van der Waals surface area contributed by atoms with Crippen LogP contribution in [0.4, 0.5) is 4.39 Å². The van der Waals surface area contributed by atoms with Gasteiger partial charge in [0.05, 0.1) is 0 Å². The lowest BCUT2D eigenvalue weighted by Crippen LogP contribution is -2.45. The molecule has 1 aliphatic heterocycles. The van der Waals surface area contributed by atoms with Gasteiger partial charge in [-0.15, -0.1) is 0 Å². The Morgan fingerprint density at radius 3 is 2.73 bits per heavy atom. The van der Waals surface area contributed by atoms with Crippen molar-refractivity contribution >= 4 is 11.8 Å². The zero-order valence-electron chi connectivity index (χ0n) is 14.6. The minimum atomic E-state index is -1.67. The Labute approximate surface area is 151 Å². The van der Waals surface area contributed by atoms with Crippen LogP contribution < -0.4 is 5.32 Å². The molecule has 1 saturated heterocycles. The number of hydrogen-bond acceptors (Lipinski definition) is 3. The number of alkyl halides is 1. The Kier molecular flexibility index (Phi) is 4.22. The van der Waals surface area contributed by atoms with Crippen LogP contribution in [0.15, 0.2) is 12.1 Å². The van der Waals surface area contributed by atoms with Crippen molar-refractivity contribution in [1.82, 2.24) is 15.2 Å². The first kappa shape index (κ1) is 17.1. The third-order valence-corrected chi connectivity index (χ3v) is 6.29. The topological polar surface area (TPSA) is 89.0 Å². The summed E-state index contributed by atoms with van der Waals surface area (Å²) in [6.07, 6.45) is 4.05. The number of halogens is 1. The highest BCUT2D eigenvalue weighted by molar-refractivity contribution is 5.93. The molecular weight excluding hydrogens is 335 g/mol. The van der Waals surface area contributed by atoms with Gasteiger partial charge in [-0.2, -0.15) is 5.26 Å². The molecule has 0 bridgehead atoms. The molecule has 2 amide bonds. The smallest absolute Gasteiger partial charge is 0.267 e. The van der Waals surface area contributed by atoms with Crippen LogP contribution in [0.2, 0.25) is 0 Å². The number of H-pyrrole nitrogens is 1. The van der Waals surface area contributed by atoms with Crippen LogP contribution in [0.1, 0.15) is 54.7 Å². The maximum absolute atomic E-state index is 14.8. The van der Waals surface area contributed by atoms with Gasteiger partial charge in [-0.1, -0.05) is 0 Å². The maximum atomic E-state index is 14.8. The number of fused-ring (bicyclic) bond motifs is 1. The second-order valence-electron chi connectivity index (χ2n) is 7.86. The van der Waals surface area contributed by atoms with E-state index in [1.807, 2.05) is 6.07 Å². The first-order chi connectivity index (χ1) is 12.5. The van der Waals surface area contributed by atoms with Crippen molar-refractivity contribution in [3.05, 3.63) is 23.5 Å². The number of likely N-dealkylation sites (tertiary alicyclic amines) is 1. The van der Waals surface area contributed by atoms with Gasteiger partial charge in [0, 0.05) is 25.0 Å². The van der Waals surface area contributed by atoms with Crippen LogP contribution in [0.5, 0.6) is 0 Å². The number of aromatic amines is 1. The summed E-state index contributed by atoms with van der Waals surface area (Å²) in [6.45, 7) is 1.12. The molecule has 3 unspecified atom stereocenters. The quantitative estimate of drug-likeness (QED) is 0.867. The van der Waals surface area contributed by atoms with Crippen LogP contribution in [-0.2, 0) is 4.79 Å². The van der Waals surface area contributed by atoms with Crippen molar-refractivity contribution in [1.29, 1.82) is 5.26 Å². The zero-order chi connectivity index (χ0) is 18.3. The van der Waals surface area contributed by atoms with Crippen molar-refractivity contribution in [2.45, 2.75) is 50.2 Å². The van der Waals surface area contributed by atoms with E-state index in [9.17, 15) is 14.0 Å².